The molecule has 1 N–H and O–H groups in total. The van der Waals surface area contributed by atoms with Crippen molar-refractivity contribution in [2.24, 2.45) is 11.8 Å². The zero-order valence-electron chi connectivity index (χ0n) is 15.7. The predicted octanol–water partition coefficient (Wildman–Crippen LogP) is 5.28. The standard InChI is InChI=1S/C25H23NO2/c27-25(28)17-12-21-18-9-4-8-16(18)14-26-23(15-6-2-1-3-7-15)20-11-5-10-19(20)22(13-17)24(21)26/h1-7,9-10,12-13,16,18-20,23H,8,11,14H2,(H,27,28)/t16-,18+,19+,20-,23-/m1/s1. The molecule has 0 spiro atoms. The van der Waals surface area contributed by atoms with Crippen LogP contribution in [0.3, 0.4) is 0 Å². The Morgan fingerprint density at radius 1 is 0.964 bits per heavy atom. The van der Waals surface area contributed by atoms with E-state index in [1.165, 1.54) is 22.4 Å². The van der Waals surface area contributed by atoms with Gasteiger partial charge in [-0.25, -0.2) is 4.79 Å². The lowest BCUT2D eigenvalue weighted by Crippen LogP contribution is -2.46. The molecule has 0 saturated carbocycles. The van der Waals surface area contributed by atoms with Gasteiger partial charge in [0.25, 0.3) is 0 Å². The number of aromatic carboxylic acids is 1. The van der Waals surface area contributed by atoms with Gasteiger partial charge < -0.3 is 10.0 Å². The summed E-state index contributed by atoms with van der Waals surface area (Å²) in [6.07, 6.45) is 11.3. The number of fused-ring (bicyclic) bond motifs is 4. The highest BCUT2D eigenvalue weighted by Crippen LogP contribution is 2.58. The summed E-state index contributed by atoms with van der Waals surface area (Å²) in [5, 5.41) is 9.75. The number of carboxylic acids is 1. The quantitative estimate of drug-likeness (QED) is 0.732. The number of anilines is 1. The van der Waals surface area contributed by atoms with Gasteiger partial charge in [-0.2, -0.15) is 0 Å². The van der Waals surface area contributed by atoms with E-state index in [-0.39, 0.29) is 0 Å². The summed E-state index contributed by atoms with van der Waals surface area (Å²) < 4.78 is 0. The average molecular weight is 369 g/mol. The van der Waals surface area contributed by atoms with E-state index in [1.54, 1.807) is 0 Å². The summed E-state index contributed by atoms with van der Waals surface area (Å²) in [4.78, 5) is 14.5. The van der Waals surface area contributed by atoms with E-state index < -0.39 is 5.97 Å². The molecule has 2 aliphatic carbocycles. The number of rotatable bonds is 2. The van der Waals surface area contributed by atoms with Crippen LogP contribution in [0.1, 0.15) is 57.8 Å². The van der Waals surface area contributed by atoms with Gasteiger partial charge in [-0.15, -0.1) is 0 Å². The summed E-state index contributed by atoms with van der Waals surface area (Å²) in [6.45, 7) is 1.05. The van der Waals surface area contributed by atoms with Gasteiger partial charge in [0, 0.05) is 24.1 Å². The number of carbonyl (C=O) groups is 1. The first-order valence-corrected chi connectivity index (χ1v) is 10.3. The number of benzene rings is 2. The highest BCUT2D eigenvalue weighted by molar-refractivity contribution is 5.90. The molecule has 2 aliphatic heterocycles. The van der Waals surface area contributed by atoms with Crippen molar-refractivity contribution in [3.8, 4) is 0 Å². The number of hydrogen-bond acceptors (Lipinski definition) is 2. The number of nitrogens with zero attached hydrogens (tertiary/aromatic N) is 1. The Morgan fingerprint density at radius 2 is 1.68 bits per heavy atom. The van der Waals surface area contributed by atoms with Crippen LogP contribution in [0.25, 0.3) is 0 Å². The first kappa shape index (κ1) is 16.2. The van der Waals surface area contributed by atoms with Crippen LogP contribution in [0.15, 0.2) is 66.8 Å². The molecule has 0 radical (unpaired) electrons. The van der Waals surface area contributed by atoms with Crippen LogP contribution in [0.2, 0.25) is 0 Å². The average Bonchev–Trinajstić information content (AvgIpc) is 3.38. The van der Waals surface area contributed by atoms with Gasteiger partial charge >= 0.3 is 5.97 Å². The van der Waals surface area contributed by atoms with Crippen molar-refractivity contribution >= 4 is 11.7 Å². The van der Waals surface area contributed by atoms with E-state index in [0.29, 0.717) is 35.3 Å². The first-order valence-electron chi connectivity index (χ1n) is 10.3. The predicted molar refractivity (Wildman–Crippen MR) is 110 cm³/mol. The summed E-state index contributed by atoms with van der Waals surface area (Å²) in [5.41, 5.74) is 5.56. The highest BCUT2D eigenvalue weighted by Gasteiger charge is 2.47. The molecule has 5 atom stereocenters. The van der Waals surface area contributed by atoms with E-state index in [0.717, 1.165) is 19.4 Å². The number of carboxylic acid groups (broad SMARTS) is 1. The van der Waals surface area contributed by atoms with Crippen molar-refractivity contribution < 1.29 is 9.90 Å². The fourth-order valence-electron chi connectivity index (χ4n) is 6.13. The van der Waals surface area contributed by atoms with Gasteiger partial charge in [0.15, 0.2) is 0 Å². The highest BCUT2D eigenvalue weighted by atomic mass is 16.4. The van der Waals surface area contributed by atoms with Crippen molar-refractivity contribution in [2.75, 3.05) is 11.4 Å². The van der Waals surface area contributed by atoms with Crippen molar-refractivity contribution in [3.05, 3.63) is 89.0 Å². The summed E-state index contributed by atoms with van der Waals surface area (Å²) in [7, 11) is 0. The zero-order chi connectivity index (χ0) is 18.8. The van der Waals surface area contributed by atoms with Gasteiger partial charge in [0.1, 0.15) is 0 Å². The molecular weight excluding hydrogens is 346 g/mol. The Kier molecular flexibility index (Phi) is 3.37. The van der Waals surface area contributed by atoms with Crippen molar-refractivity contribution in [1.29, 1.82) is 0 Å². The maximum absolute atomic E-state index is 11.9. The van der Waals surface area contributed by atoms with E-state index in [1.807, 2.05) is 12.1 Å². The fraction of sp³-hybridized carbons (Fsp3) is 0.320. The summed E-state index contributed by atoms with van der Waals surface area (Å²) in [5.74, 6) is 0.844. The molecule has 0 aromatic heterocycles. The second-order valence-corrected chi connectivity index (χ2v) is 8.62. The van der Waals surface area contributed by atoms with Gasteiger partial charge in [0.2, 0.25) is 0 Å². The molecule has 3 heteroatoms. The van der Waals surface area contributed by atoms with Crippen LogP contribution in [-0.2, 0) is 0 Å². The topological polar surface area (TPSA) is 40.5 Å². The molecule has 0 fully saturated rings. The van der Waals surface area contributed by atoms with Crippen molar-refractivity contribution in [1.82, 2.24) is 0 Å². The molecule has 140 valence electrons. The van der Waals surface area contributed by atoms with E-state index in [9.17, 15) is 9.90 Å². The Hall–Kier alpha value is -2.81. The molecular formula is C25H23NO2. The largest absolute Gasteiger partial charge is 0.478 e. The molecule has 6 rings (SSSR count). The van der Waals surface area contributed by atoms with Gasteiger partial charge in [-0.3, -0.25) is 0 Å². The molecule has 3 nitrogen and oxygen atoms in total. The maximum Gasteiger partial charge on any atom is 0.335 e. The molecule has 28 heavy (non-hydrogen) atoms. The molecule has 4 aliphatic rings. The number of allylic oxidation sites excluding steroid dienone is 4. The Balaban J connectivity index is 1.61. The smallest absolute Gasteiger partial charge is 0.335 e. The zero-order valence-corrected chi connectivity index (χ0v) is 15.7. The third kappa shape index (κ3) is 2.13. The molecule has 0 saturated heterocycles. The molecule has 0 amide bonds. The van der Waals surface area contributed by atoms with Crippen LogP contribution >= 0.6 is 0 Å². The van der Waals surface area contributed by atoms with Crippen molar-refractivity contribution in [3.63, 3.8) is 0 Å². The lowest BCUT2D eigenvalue weighted by Gasteiger charge is -2.51. The Morgan fingerprint density at radius 3 is 2.46 bits per heavy atom. The second-order valence-electron chi connectivity index (χ2n) is 8.62. The van der Waals surface area contributed by atoms with Gasteiger partial charge in [-0.05, 0) is 53.5 Å². The van der Waals surface area contributed by atoms with Crippen LogP contribution in [0.5, 0.6) is 0 Å². The third-order valence-electron chi connectivity index (χ3n) is 7.24. The van der Waals surface area contributed by atoms with E-state index in [4.69, 9.17) is 0 Å². The molecule has 0 bridgehead atoms. The molecule has 2 heterocycles. The van der Waals surface area contributed by atoms with E-state index in [2.05, 4.69) is 59.5 Å². The number of hydrogen-bond donors (Lipinski definition) is 1. The van der Waals surface area contributed by atoms with Crippen LogP contribution in [0, 0.1) is 11.8 Å². The summed E-state index contributed by atoms with van der Waals surface area (Å²) in [6, 6.07) is 15.1. The first-order chi connectivity index (χ1) is 13.7. The van der Waals surface area contributed by atoms with Gasteiger partial charge in [0.05, 0.1) is 11.6 Å². The van der Waals surface area contributed by atoms with Crippen LogP contribution < -0.4 is 4.90 Å². The fourth-order valence-corrected chi connectivity index (χ4v) is 6.13. The monoisotopic (exact) mass is 369 g/mol. The minimum atomic E-state index is -0.821. The second kappa shape index (κ2) is 5.84. The Labute approximate surface area is 165 Å². The molecule has 2 aromatic rings. The minimum absolute atomic E-state index is 0.302. The Bertz CT molecular complexity index is 1010. The van der Waals surface area contributed by atoms with Crippen LogP contribution in [-0.4, -0.2) is 17.6 Å². The van der Waals surface area contributed by atoms with Gasteiger partial charge in [-0.1, -0.05) is 54.6 Å². The lowest BCUT2D eigenvalue weighted by atomic mass is 9.70. The maximum atomic E-state index is 11.9. The SMILES string of the molecule is O=C(O)c1cc2c3c(c1)[C@H]1C=CC[C@H]1[C@@H](c1ccccc1)N3C[C@H]1CC=C[C@H]21. The van der Waals surface area contributed by atoms with Crippen molar-refractivity contribution in [2.45, 2.75) is 30.7 Å². The van der Waals surface area contributed by atoms with E-state index >= 15 is 0 Å². The van der Waals surface area contributed by atoms with Crippen LogP contribution in [0.4, 0.5) is 5.69 Å². The normalized spacial score (nSPS) is 31.4. The lowest BCUT2D eigenvalue weighted by molar-refractivity contribution is 0.0696. The summed E-state index contributed by atoms with van der Waals surface area (Å²) >= 11 is 0. The molecule has 2 aromatic carbocycles. The third-order valence-corrected chi connectivity index (χ3v) is 7.24. The molecule has 0 unspecified atom stereocenters. The minimum Gasteiger partial charge on any atom is -0.478 e.